The molecule has 0 heterocycles. The minimum Gasteiger partial charge on any atom is -0.175 e. The van der Waals surface area contributed by atoms with Crippen LogP contribution in [0.15, 0.2) is 9.47 Å². The van der Waals surface area contributed by atoms with E-state index < -0.39 is 0 Å². The van der Waals surface area contributed by atoms with E-state index in [1.807, 2.05) is 6.08 Å². The molecular weight excluding hydrogens is 228 g/mol. The molecule has 0 aromatic heterocycles. The highest BCUT2D eigenvalue weighted by Gasteiger charge is 1.73. The Labute approximate surface area is 59.7 Å². The lowest BCUT2D eigenvalue weighted by Gasteiger charge is -1.74. The molecule has 0 nitrogen and oxygen atoms in total. The van der Waals surface area contributed by atoms with Crippen molar-refractivity contribution in [2.45, 2.75) is 0 Å². The predicted octanol–water partition coefficient (Wildman–Crippen LogP) is 2.55. The van der Waals surface area contributed by atoms with Gasteiger partial charge in [-0.25, -0.2) is 0 Å². The predicted molar refractivity (Wildman–Crippen MR) is 39.8 cm³/mol. The summed E-state index contributed by atoms with van der Waals surface area (Å²) in [6, 6.07) is 0. The Kier molecular flexibility index (Phi) is 4.95. The molecule has 0 N–H and O–H groups in total. The van der Waals surface area contributed by atoms with Crippen LogP contribution in [-0.2, 0) is 0 Å². The lowest BCUT2D eigenvalue weighted by Crippen LogP contribution is -1.55. The molecule has 0 fully saturated rings. The molecule has 0 aliphatic carbocycles. The fourth-order valence-corrected chi connectivity index (χ4v) is 1.08. The molecule has 6 heavy (non-hydrogen) atoms. The minimum absolute atomic E-state index is 0.770. The molecule has 0 amide bonds. The van der Waals surface area contributed by atoms with Gasteiger partial charge in [0.1, 0.15) is 0 Å². The van der Waals surface area contributed by atoms with Crippen molar-refractivity contribution < 1.29 is 0 Å². The van der Waals surface area contributed by atoms with Gasteiger partial charge in [-0.3, -0.25) is 0 Å². The Morgan fingerprint density at radius 2 is 2.17 bits per heavy atom. The van der Waals surface area contributed by atoms with Crippen molar-refractivity contribution in [3.63, 3.8) is 0 Å². The van der Waals surface area contributed by atoms with Crippen LogP contribution in [0.3, 0.4) is 0 Å². The van der Waals surface area contributed by atoms with E-state index >= 15 is 0 Å². The molecule has 0 aromatic rings. The molecular formula is C3H4Br2S. The number of hydrogen-bond acceptors (Lipinski definition) is 1. The van der Waals surface area contributed by atoms with Gasteiger partial charge in [0.2, 0.25) is 0 Å². The molecule has 0 aromatic carbocycles. The first-order chi connectivity index (χ1) is 2.77. The molecule has 0 aliphatic heterocycles. The van der Waals surface area contributed by atoms with Crippen LogP contribution in [0.25, 0.3) is 0 Å². The molecule has 36 valence electrons. The molecule has 0 radical (unpaired) electrons. The Balaban J connectivity index is 3.14. The van der Waals surface area contributed by atoms with E-state index in [4.69, 9.17) is 0 Å². The van der Waals surface area contributed by atoms with Crippen molar-refractivity contribution in [3.05, 3.63) is 9.47 Å². The summed E-state index contributed by atoms with van der Waals surface area (Å²) >= 11 is 10.3. The van der Waals surface area contributed by atoms with Crippen molar-refractivity contribution in [2.24, 2.45) is 0 Å². The molecule has 0 aliphatic rings. The summed E-state index contributed by atoms with van der Waals surface area (Å²) in [5, 5.41) is 0. The van der Waals surface area contributed by atoms with Crippen LogP contribution in [-0.4, -0.2) is 5.75 Å². The molecule has 0 atom stereocenters. The summed E-state index contributed by atoms with van der Waals surface area (Å²) < 4.78 is 0.963. The number of halogens is 2. The molecule has 0 spiro atoms. The van der Waals surface area contributed by atoms with Gasteiger partial charge in [0.05, 0.1) is 3.39 Å². The maximum absolute atomic E-state index is 3.92. The van der Waals surface area contributed by atoms with Crippen LogP contribution >= 0.6 is 44.5 Å². The zero-order chi connectivity index (χ0) is 4.99. The standard InChI is InChI=1S/C3H4Br2S/c4-3(5)1-2-6/h1,6H,2H2. The minimum atomic E-state index is 0.770. The monoisotopic (exact) mass is 230 g/mol. The average molecular weight is 232 g/mol. The third-order valence-electron chi connectivity index (χ3n) is 0.246. The van der Waals surface area contributed by atoms with E-state index in [1.165, 1.54) is 0 Å². The van der Waals surface area contributed by atoms with Crippen LogP contribution in [0.2, 0.25) is 0 Å². The fraction of sp³-hybridized carbons (Fsp3) is 0.333. The van der Waals surface area contributed by atoms with Crippen molar-refractivity contribution in [1.29, 1.82) is 0 Å². The highest BCUT2D eigenvalue weighted by atomic mass is 79.9. The van der Waals surface area contributed by atoms with Gasteiger partial charge >= 0.3 is 0 Å². The number of hydrogen-bond donors (Lipinski definition) is 1. The van der Waals surface area contributed by atoms with Crippen LogP contribution < -0.4 is 0 Å². The number of rotatable bonds is 1. The second-order valence-electron chi connectivity index (χ2n) is 0.676. The van der Waals surface area contributed by atoms with Gasteiger partial charge in [0, 0.05) is 5.75 Å². The summed E-state index contributed by atoms with van der Waals surface area (Å²) in [6.45, 7) is 0. The number of thiol groups is 1. The maximum atomic E-state index is 3.92. The van der Waals surface area contributed by atoms with Crippen molar-refractivity contribution in [1.82, 2.24) is 0 Å². The third kappa shape index (κ3) is 5.05. The average Bonchev–Trinajstić information content (AvgIpc) is 1.35. The van der Waals surface area contributed by atoms with E-state index in [-0.39, 0.29) is 0 Å². The highest BCUT2D eigenvalue weighted by Crippen LogP contribution is 2.11. The third-order valence-corrected chi connectivity index (χ3v) is 1.08. The highest BCUT2D eigenvalue weighted by molar-refractivity contribution is 9.28. The summed E-state index contributed by atoms with van der Waals surface area (Å²) in [5.74, 6) is 0.770. The van der Waals surface area contributed by atoms with E-state index in [0.29, 0.717) is 0 Å². The molecule has 0 bridgehead atoms. The van der Waals surface area contributed by atoms with Crippen LogP contribution in [0.4, 0.5) is 0 Å². The summed E-state index contributed by atoms with van der Waals surface area (Å²) in [7, 11) is 0. The van der Waals surface area contributed by atoms with Crippen LogP contribution in [0, 0.1) is 0 Å². The summed E-state index contributed by atoms with van der Waals surface area (Å²) in [5.41, 5.74) is 0. The van der Waals surface area contributed by atoms with Crippen molar-refractivity contribution in [2.75, 3.05) is 5.75 Å². The zero-order valence-electron chi connectivity index (χ0n) is 2.99. The topological polar surface area (TPSA) is 0 Å². The lowest BCUT2D eigenvalue weighted by molar-refractivity contribution is 1.83. The van der Waals surface area contributed by atoms with Gasteiger partial charge in [-0.05, 0) is 31.9 Å². The largest absolute Gasteiger partial charge is 0.175 e. The van der Waals surface area contributed by atoms with Gasteiger partial charge in [0.25, 0.3) is 0 Å². The van der Waals surface area contributed by atoms with Crippen LogP contribution in [0.1, 0.15) is 0 Å². The molecule has 3 heteroatoms. The Morgan fingerprint density at radius 3 is 2.17 bits per heavy atom. The van der Waals surface area contributed by atoms with Crippen LogP contribution in [0.5, 0.6) is 0 Å². The van der Waals surface area contributed by atoms with E-state index in [1.54, 1.807) is 0 Å². The van der Waals surface area contributed by atoms with E-state index in [0.717, 1.165) is 9.14 Å². The van der Waals surface area contributed by atoms with Gasteiger partial charge in [-0.2, -0.15) is 12.6 Å². The van der Waals surface area contributed by atoms with Gasteiger partial charge in [-0.15, -0.1) is 0 Å². The van der Waals surface area contributed by atoms with Gasteiger partial charge in [-0.1, -0.05) is 6.08 Å². The zero-order valence-corrected chi connectivity index (χ0v) is 7.05. The normalized spacial score (nSPS) is 7.83. The maximum Gasteiger partial charge on any atom is 0.0572 e. The smallest absolute Gasteiger partial charge is 0.0572 e. The first kappa shape index (κ1) is 7.05. The SMILES string of the molecule is SCC=C(Br)Br. The molecule has 0 unspecified atom stereocenters. The molecule has 0 saturated carbocycles. The first-order valence-electron chi connectivity index (χ1n) is 1.39. The van der Waals surface area contributed by atoms with Gasteiger partial charge < -0.3 is 0 Å². The second-order valence-corrected chi connectivity index (χ2v) is 3.81. The summed E-state index contributed by atoms with van der Waals surface area (Å²) in [6.07, 6.45) is 1.91. The quantitative estimate of drug-likeness (QED) is 0.659. The molecule has 0 saturated heterocycles. The van der Waals surface area contributed by atoms with Gasteiger partial charge in [0.15, 0.2) is 0 Å². The Morgan fingerprint density at radius 1 is 1.67 bits per heavy atom. The van der Waals surface area contributed by atoms with E-state index in [2.05, 4.69) is 44.5 Å². The van der Waals surface area contributed by atoms with Crippen molar-refractivity contribution in [3.8, 4) is 0 Å². The first-order valence-corrected chi connectivity index (χ1v) is 3.61. The summed E-state index contributed by atoms with van der Waals surface area (Å²) in [4.78, 5) is 0. The lowest BCUT2D eigenvalue weighted by atomic mass is 10.8. The Bertz CT molecular complexity index is 55.8. The fourth-order valence-electron chi connectivity index (χ4n) is 0.0690. The Hall–Kier alpha value is 1.05. The molecule has 0 rings (SSSR count). The van der Waals surface area contributed by atoms with E-state index in [9.17, 15) is 0 Å². The second kappa shape index (κ2) is 4.22. The van der Waals surface area contributed by atoms with Crippen molar-refractivity contribution >= 4 is 44.5 Å².